The Hall–Kier alpha value is -3.55. The number of carbonyl (C=O) groups is 4. The minimum atomic E-state index is -0.699. The molecule has 0 aliphatic carbocycles. The fraction of sp³-hybridized carbons (Fsp3) is 0.238. The standard InChI is InChI=1S/C21H19FN2O5/c1-13(25)14-2-6-17(7-3-14)23-19(26)12-29-21(28)15-10-20(27)24(11-15)18-8-4-16(22)5-9-18/h2-9,15H,10-12H2,1H3,(H,23,26)/t15-/m0/s1. The van der Waals surface area contributed by atoms with Crippen molar-refractivity contribution in [2.45, 2.75) is 13.3 Å². The molecule has 0 bridgehead atoms. The summed E-state index contributed by atoms with van der Waals surface area (Å²) in [5.74, 6) is -2.65. The molecule has 1 atom stereocenters. The molecule has 2 amide bonds. The molecule has 0 spiro atoms. The summed E-state index contributed by atoms with van der Waals surface area (Å²) in [6, 6.07) is 11.7. The van der Waals surface area contributed by atoms with Crippen LogP contribution in [-0.2, 0) is 19.1 Å². The van der Waals surface area contributed by atoms with Gasteiger partial charge in [0.25, 0.3) is 5.91 Å². The third kappa shape index (κ3) is 5.04. The predicted molar refractivity (Wildman–Crippen MR) is 103 cm³/mol. The van der Waals surface area contributed by atoms with Crippen LogP contribution in [0.25, 0.3) is 0 Å². The average Bonchev–Trinajstić information content (AvgIpc) is 3.09. The van der Waals surface area contributed by atoms with Crippen molar-refractivity contribution >= 4 is 34.9 Å². The summed E-state index contributed by atoms with van der Waals surface area (Å²) in [4.78, 5) is 49.0. The fourth-order valence-corrected chi connectivity index (χ4v) is 2.98. The molecule has 1 N–H and O–H groups in total. The molecule has 29 heavy (non-hydrogen) atoms. The van der Waals surface area contributed by atoms with Crippen LogP contribution in [0.3, 0.4) is 0 Å². The molecule has 2 aromatic rings. The van der Waals surface area contributed by atoms with Gasteiger partial charge in [-0.25, -0.2) is 4.39 Å². The lowest BCUT2D eigenvalue weighted by atomic mass is 10.1. The van der Waals surface area contributed by atoms with Gasteiger partial charge in [-0.05, 0) is 55.5 Å². The third-order valence-corrected chi connectivity index (χ3v) is 4.52. The second-order valence-electron chi connectivity index (χ2n) is 6.67. The fourth-order valence-electron chi connectivity index (χ4n) is 2.98. The van der Waals surface area contributed by atoms with Gasteiger partial charge in [0, 0.05) is 29.9 Å². The number of benzene rings is 2. The zero-order chi connectivity index (χ0) is 21.0. The highest BCUT2D eigenvalue weighted by molar-refractivity contribution is 6.00. The average molecular weight is 398 g/mol. The highest BCUT2D eigenvalue weighted by Gasteiger charge is 2.36. The van der Waals surface area contributed by atoms with E-state index in [1.807, 2.05) is 0 Å². The predicted octanol–water partition coefficient (Wildman–Crippen LogP) is 2.56. The van der Waals surface area contributed by atoms with Gasteiger partial charge in [0.05, 0.1) is 5.92 Å². The first kappa shape index (κ1) is 20.2. The number of Topliss-reactive ketones (excluding diaryl/α,β-unsaturated/α-hetero) is 1. The number of nitrogens with one attached hydrogen (secondary N) is 1. The van der Waals surface area contributed by atoms with E-state index in [0.29, 0.717) is 16.9 Å². The molecular formula is C21H19FN2O5. The van der Waals surface area contributed by atoms with E-state index in [9.17, 15) is 23.6 Å². The molecule has 7 nitrogen and oxygen atoms in total. The second-order valence-corrected chi connectivity index (χ2v) is 6.67. The van der Waals surface area contributed by atoms with Crippen molar-refractivity contribution in [2.24, 2.45) is 5.92 Å². The van der Waals surface area contributed by atoms with E-state index >= 15 is 0 Å². The monoisotopic (exact) mass is 398 g/mol. The van der Waals surface area contributed by atoms with Crippen molar-refractivity contribution in [3.63, 3.8) is 0 Å². The molecule has 3 rings (SSSR count). The topological polar surface area (TPSA) is 92.8 Å². The zero-order valence-electron chi connectivity index (χ0n) is 15.7. The summed E-state index contributed by atoms with van der Waals surface area (Å²) >= 11 is 0. The van der Waals surface area contributed by atoms with Crippen LogP contribution in [0.5, 0.6) is 0 Å². The lowest BCUT2D eigenvalue weighted by Crippen LogP contribution is -2.28. The summed E-state index contributed by atoms with van der Waals surface area (Å²) in [7, 11) is 0. The Balaban J connectivity index is 1.50. The van der Waals surface area contributed by atoms with Crippen molar-refractivity contribution in [3.8, 4) is 0 Å². The number of anilines is 2. The SMILES string of the molecule is CC(=O)c1ccc(NC(=O)COC(=O)[C@H]2CC(=O)N(c3ccc(F)cc3)C2)cc1. The first-order valence-corrected chi connectivity index (χ1v) is 8.97. The first-order chi connectivity index (χ1) is 13.8. The van der Waals surface area contributed by atoms with Crippen LogP contribution in [0.2, 0.25) is 0 Å². The first-order valence-electron chi connectivity index (χ1n) is 8.97. The minimum absolute atomic E-state index is 0.0374. The number of hydrogen-bond acceptors (Lipinski definition) is 5. The summed E-state index contributed by atoms with van der Waals surface area (Å²) in [6.07, 6.45) is -0.0374. The van der Waals surface area contributed by atoms with E-state index in [4.69, 9.17) is 4.74 Å². The minimum Gasteiger partial charge on any atom is -0.455 e. The Labute approximate surface area is 166 Å². The quantitative estimate of drug-likeness (QED) is 0.596. The van der Waals surface area contributed by atoms with Gasteiger partial charge in [-0.3, -0.25) is 19.2 Å². The lowest BCUT2D eigenvalue weighted by Gasteiger charge is -2.16. The number of hydrogen-bond donors (Lipinski definition) is 1. The molecule has 1 saturated heterocycles. The van der Waals surface area contributed by atoms with Crippen molar-refractivity contribution in [1.82, 2.24) is 0 Å². The number of esters is 1. The summed E-state index contributed by atoms with van der Waals surface area (Å²) < 4.78 is 18.1. The maximum atomic E-state index is 13.0. The Kier molecular flexibility index (Phi) is 6.01. The molecule has 1 aliphatic heterocycles. The molecule has 2 aromatic carbocycles. The smallest absolute Gasteiger partial charge is 0.311 e. The number of rotatable bonds is 6. The van der Waals surface area contributed by atoms with Gasteiger partial charge in [-0.2, -0.15) is 0 Å². The van der Waals surface area contributed by atoms with Gasteiger partial charge in [-0.1, -0.05) is 0 Å². The number of carbonyl (C=O) groups excluding carboxylic acids is 4. The molecule has 150 valence electrons. The van der Waals surface area contributed by atoms with E-state index in [1.165, 1.54) is 36.1 Å². The van der Waals surface area contributed by atoms with E-state index in [0.717, 1.165) is 0 Å². The van der Waals surface area contributed by atoms with Gasteiger partial charge in [0.1, 0.15) is 5.82 Å². The van der Waals surface area contributed by atoms with Crippen molar-refractivity contribution in [1.29, 1.82) is 0 Å². The van der Waals surface area contributed by atoms with E-state index in [-0.39, 0.29) is 24.7 Å². The number of amides is 2. The number of nitrogens with zero attached hydrogens (tertiary/aromatic N) is 1. The van der Waals surface area contributed by atoms with E-state index in [2.05, 4.69) is 5.32 Å². The van der Waals surface area contributed by atoms with Crippen LogP contribution in [0.4, 0.5) is 15.8 Å². The Morgan fingerprint density at radius 2 is 1.76 bits per heavy atom. The Morgan fingerprint density at radius 1 is 1.10 bits per heavy atom. The maximum absolute atomic E-state index is 13.0. The van der Waals surface area contributed by atoms with Crippen LogP contribution >= 0.6 is 0 Å². The van der Waals surface area contributed by atoms with Crippen LogP contribution < -0.4 is 10.2 Å². The maximum Gasteiger partial charge on any atom is 0.311 e. The summed E-state index contributed by atoms with van der Waals surface area (Å²) in [6.45, 7) is 1.06. The molecule has 1 heterocycles. The lowest BCUT2D eigenvalue weighted by molar-refractivity contribution is -0.151. The molecule has 0 radical (unpaired) electrons. The van der Waals surface area contributed by atoms with Gasteiger partial charge in [0.15, 0.2) is 12.4 Å². The van der Waals surface area contributed by atoms with E-state index in [1.54, 1.807) is 24.3 Å². The Morgan fingerprint density at radius 3 is 2.38 bits per heavy atom. The number of halogens is 1. The Bertz CT molecular complexity index is 941. The summed E-state index contributed by atoms with van der Waals surface area (Å²) in [5, 5.41) is 2.56. The van der Waals surface area contributed by atoms with Crippen molar-refractivity contribution in [2.75, 3.05) is 23.4 Å². The third-order valence-electron chi connectivity index (χ3n) is 4.52. The van der Waals surface area contributed by atoms with Crippen LogP contribution in [-0.4, -0.2) is 36.7 Å². The molecule has 1 aliphatic rings. The van der Waals surface area contributed by atoms with Gasteiger partial charge >= 0.3 is 5.97 Å². The van der Waals surface area contributed by atoms with Gasteiger partial charge in [-0.15, -0.1) is 0 Å². The van der Waals surface area contributed by atoms with Crippen LogP contribution in [0.15, 0.2) is 48.5 Å². The number of ether oxygens (including phenoxy) is 1. The van der Waals surface area contributed by atoms with Crippen molar-refractivity contribution in [3.05, 3.63) is 59.9 Å². The molecule has 0 aromatic heterocycles. The molecule has 1 fully saturated rings. The van der Waals surface area contributed by atoms with Gasteiger partial charge in [0.2, 0.25) is 5.91 Å². The number of ketones is 1. The molecule has 0 saturated carbocycles. The van der Waals surface area contributed by atoms with Crippen LogP contribution in [0.1, 0.15) is 23.7 Å². The molecule has 8 heteroatoms. The summed E-state index contributed by atoms with van der Waals surface area (Å²) in [5.41, 5.74) is 1.49. The van der Waals surface area contributed by atoms with E-state index < -0.39 is 30.2 Å². The zero-order valence-corrected chi connectivity index (χ0v) is 15.7. The molecule has 0 unspecified atom stereocenters. The largest absolute Gasteiger partial charge is 0.455 e. The highest BCUT2D eigenvalue weighted by Crippen LogP contribution is 2.26. The van der Waals surface area contributed by atoms with Gasteiger partial charge < -0.3 is 15.0 Å². The van der Waals surface area contributed by atoms with Crippen LogP contribution in [0, 0.1) is 11.7 Å². The van der Waals surface area contributed by atoms with Crippen molar-refractivity contribution < 1.29 is 28.3 Å². The normalized spacial score (nSPS) is 15.9. The second kappa shape index (κ2) is 8.64. The molecular weight excluding hydrogens is 379 g/mol. The highest BCUT2D eigenvalue weighted by atomic mass is 19.1.